The lowest BCUT2D eigenvalue weighted by Crippen LogP contribution is -2.41. The van der Waals surface area contributed by atoms with Crippen molar-refractivity contribution in [3.8, 4) is 5.69 Å². The first kappa shape index (κ1) is 26.1. The van der Waals surface area contributed by atoms with E-state index in [4.69, 9.17) is 4.98 Å². The van der Waals surface area contributed by atoms with Gasteiger partial charge in [0, 0.05) is 6.54 Å². The van der Waals surface area contributed by atoms with Gasteiger partial charge >= 0.3 is 0 Å². The number of hydrogen-bond acceptors (Lipinski definition) is 3. The molecule has 0 aliphatic carbocycles. The van der Waals surface area contributed by atoms with Crippen molar-refractivity contribution in [1.29, 1.82) is 0 Å². The van der Waals surface area contributed by atoms with E-state index in [1.54, 1.807) is 10.6 Å². The molecule has 2 unspecified atom stereocenters. The highest BCUT2D eigenvalue weighted by atomic mass is 16.2. The lowest BCUT2D eigenvalue weighted by Gasteiger charge is -2.33. The van der Waals surface area contributed by atoms with E-state index in [2.05, 4.69) is 12.1 Å². The van der Waals surface area contributed by atoms with Crippen molar-refractivity contribution in [2.24, 2.45) is 0 Å². The number of nitrogens with zero attached hydrogens (tertiary/aromatic N) is 3. The zero-order valence-corrected chi connectivity index (χ0v) is 22.4. The Morgan fingerprint density at radius 1 is 0.821 bits per heavy atom. The topological polar surface area (TPSA) is 55.2 Å². The standard InChI is InChI=1S/C34H33N3O2/c1-3-29(27-17-9-5-10-18-27)33(38)36(24-23-26-15-7-4-8-16-26)25(2)32-35-31-22-14-13-21-30(31)34(39)37(32)28-19-11-6-12-20-28/h4-22,25,29H,3,23-24H2,1-2H3. The van der Waals surface area contributed by atoms with Gasteiger partial charge in [0.1, 0.15) is 5.82 Å². The molecule has 0 fully saturated rings. The summed E-state index contributed by atoms with van der Waals surface area (Å²) in [4.78, 5) is 35.1. The van der Waals surface area contributed by atoms with E-state index in [-0.39, 0.29) is 17.4 Å². The number of hydrogen-bond donors (Lipinski definition) is 0. The molecule has 1 heterocycles. The molecule has 0 saturated carbocycles. The van der Waals surface area contributed by atoms with Crippen LogP contribution in [0.2, 0.25) is 0 Å². The molecule has 5 aromatic rings. The van der Waals surface area contributed by atoms with Crippen LogP contribution in [0.15, 0.2) is 120 Å². The first-order valence-electron chi connectivity index (χ1n) is 13.5. The van der Waals surface area contributed by atoms with Crippen LogP contribution in [0.5, 0.6) is 0 Å². The van der Waals surface area contributed by atoms with Gasteiger partial charge in [-0.1, -0.05) is 97.9 Å². The molecule has 4 aromatic carbocycles. The van der Waals surface area contributed by atoms with Crippen molar-refractivity contribution < 1.29 is 4.79 Å². The van der Waals surface area contributed by atoms with Crippen LogP contribution < -0.4 is 5.56 Å². The van der Waals surface area contributed by atoms with Crippen molar-refractivity contribution in [2.45, 2.75) is 38.6 Å². The number of benzene rings is 4. The second-order valence-corrected chi connectivity index (χ2v) is 9.78. The molecule has 196 valence electrons. The van der Waals surface area contributed by atoms with E-state index >= 15 is 0 Å². The minimum absolute atomic E-state index is 0.0363. The van der Waals surface area contributed by atoms with Gasteiger partial charge in [-0.3, -0.25) is 14.2 Å². The maximum Gasteiger partial charge on any atom is 0.266 e. The van der Waals surface area contributed by atoms with Crippen LogP contribution in [0.1, 0.15) is 49.2 Å². The molecule has 0 bridgehead atoms. The lowest BCUT2D eigenvalue weighted by atomic mass is 9.94. The van der Waals surface area contributed by atoms with E-state index in [9.17, 15) is 9.59 Å². The molecule has 0 radical (unpaired) electrons. The summed E-state index contributed by atoms with van der Waals surface area (Å²) >= 11 is 0. The Labute approximate surface area is 229 Å². The number of rotatable bonds is 9. The van der Waals surface area contributed by atoms with Crippen molar-refractivity contribution >= 4 is 16.8 Å². The SMILES string of the molecule is CCC(C(=O)N(CCc1ccccc1)C(C)c1nc2ccccc2c(=O)n1-c1ccccc1)c1ccccc1. The fourth-order valence-electron chi connectivity index (χ4n) is 5.22. The minimum atomic E-state index is -0.448. The summed E-state index contributed by atoms with van der Waals surface area (Å²) in [6.45, 7) is 4.53. The molecule has 0 aliphatic heterocycles. The van der Waals surface area contributed by atoms with Crippen LogP contribution in [0, 0.1) is 0 Å². The highest BCUT2D eigenvalue weighted by Gasteiger charge is 2.31. The van der Waals surface area contributed by atoms with Gasteiger partial charge in [0.15, 0.2) is 0 Å². The normalized spacial score (nSPS) is 12.7. The fraction of sp³-hybridized carbons (Fsp3) is 0.206. The van der Waals surface area contributed by atoms with Crippen LogP contribution in [-0.2, 0) is 11.2 Å². The predicted molar refractivity (Wildman–Crippen MR) is 157 cm³/mol. The zero-order chi connectivity index (χ0) is 27.2. The molecule has 39 heavy (non-hydrogen) atoms. The molecule has 5 nitrogen and oxygen atoms in total. The second-order valence-electron chi connectivity index (χ2n) is 9.78. The highest BCUT2D eigenvalue weighted by molar-refractivity contribution is 5.84. The Hall–Kier alpha value is -4.51. The molecule has 0 saturated heterocycles. The summed E-state index contributed by atoms with van der Waals surface area (Å²) in [7, 11) is 0. The smallest absolute Gasteiger partial charge is 0.266 e. The summed E-state index contributed by atoms with van der Waals surface area (Å²) in [6, 6.07) is 36.6. The summed E-state index contributed by atoms with van der Waals surface area (Å²) in [6.07, 6.45) is 1.37. The van der Waals surface area contributed by atoms with E-state index in [0.717, 1.165) is 16.8 Å². The first-order valence-corrected chi connectivity index (χ1v) is 13.5. The number of aromatic nitrogens is 2. The molecule has 0 N–H and O–H groups in total. The predicted octanol–water partition coefficient (Wildman–Crippen LogP) is 6.71. The average molecular weight is 516 g/mol. The lowest BCUT2D eigenvalue weighted by molar-refractivity contribution is -0.135. The number of para-hydroxylation sites is 2. The number of carbonyl (C=O) groups is 1. The summed E-state index contributed by atoms with van der Waals surface area (Å²) < 4.78 is 1.67. The van der Waals surface area contributed by atoms with Crippen LogP contribution in [-0.4, -0.2) is 26.9 Å². The minimum Gasteiger partial charge on any atom is -0.332 e. The maximum absolute atomic E-state index is 14.3. The van der Waals surface area contributed by atoms with Crippen LogP contribution in [0.4, 0.5) is 0 Å². The molecular weight excluding hydrogens is 482 g/mol. The van der Waals surface area contributed by atoms with Crippen molar-refractivity contribution in [3.63, 3.8) is 0 Å². The largest absolute Gasteiger partial charge is 0.332 e. The molecule has 5 rings (SSSR count). The van der Waals surface area contributed by atoms with Gasteiger partial charge in [0.25, 0.3) is 5.56 Å². The quantitative estimate of drug-likeness (QED) is 0.219. The Balaban J connectivity index is 1.63. The summed E-state index contributed by atoms with van der Waals surface area (Å²) in [5, 5.41) is 0.551. The Morgan fingerprint density at radius 3 is 2.08 bits per heavy atom. The molecule has 0 aliphatic rings. The Morgan fingerprint density at radius 2 is 1.41 bits per heavy atom. The highest BCUT2D eigenvalue weighted by Crippen LogP contribution is 2.29. The third-order valence-corrected chi connectivity index (χ3v) is 7.33. The van der Waals surface area contributed by atoms with E-state index < -0.39 is 6.04 Å². The third kappa shape index (κ3) is 5.53. The third-order valence-electron chi connectivity index (χ3n) is 7.33. The number of amides is 1. The molecule has 2 atom stereocenters. The van der Waals surface area contributed by atoms with Crippen LogP contribution in [0.3, 0.4) is 0 Å². The maximum atomic E-state index is 14.3. The van der Waals surface area contributed by atoms with Crippen LogP contribution >= 0.6 is 0 Å². The molecule has 0 spiro atoms. The molecule has 1 aromatic heterocycles. The van der Waals surface area contributed by atoms with Gasteiger partial charge in [-0.15, -0.1) is 0 Å². The van der Waals surface area contributed by atoms with Gasteiger partial charge in [-0.2, -0.15) is 0 Å². The van der Waals surface area contributed by atoms with E-state index in [0.29, 0.717) is 36.1 Å². The van der Waals surface area contributed by atoms with Gasteiger partial charge in [0.05, 0.1) is 28.6 Å². The second kappa shape index (κ2) is 11.9. The van der Waals surface area contributed by atoms with Gasteiger partial charge < -0.3 is 4.90 Å². The molecule has 5 heteroatoms. The van der Waals surface area contributed by atoms with Gasteiger partial charge in [-0.25, -0.2) is 4.98 Å². The van der Waals surface area contributed by atoms with Gasteiger partial charge in [-0.05, 0) is 55.2 Å². The summed E-state index contributed by atoms with van der Waals surface area (Å²) in [5.41, 5.74) is 3.37. The van der Waals surface area contributed by atoms with Gasteiger partial charge in [0.2, 0.25) is 5.91 Å². The monoisotopic (exact) mass is 515 g/mol. The van der Waals surface area contributed by atoms with E-state index in [1.807, 2.05) is 116 Å². The molecule has 1 amide bonds. The van der Waals surface area contributed by atoms with Crippen LogP contribution in [0.25, 0.3) is 16.6 Å². The summed E-state index contributed by atoms with van der Waals surface area (Å²) in [5.74, 6) is 0.296. The van der Waals surface area contributed by atoms with Crippen molar-refractivity contribution in [3.05, 3.63) is 143 Å². The molecular formula is C34H33N3O2. The first-order chi connectivity index (χ1) is 19.1. The van der Waals surface area contributed by atoms with Crippen molar-refractivity contribution in [1.82, 2.24) is 14.5 Å². The zero-order valence-electron chi connectivity index (χ0n) is 22.4. The fourth-order valence-corrected chi connectivity index (χ4v) is 5.22. The number of carbonyl (C=O) groups excluding carboxylic acids is 1. The van der Waals surface area contributed by atoms with Crippen molar-refractivity contribution in [2.75, 3.05) is 6.54 Å². The van der Waals surface area contributed by atoms with E-state index in [1.165, 1.54) is 0 Å². The number of fused-ring (bicyclic) bond motifs is 1. The average Bonchev–Trinajstić information content (AvgIpc) is 2.99. The Bertz CT molecular complexity index is 1600. The Kier molecular flexibility index (Phi) is 7.97.